The van der Waals surface area contributed by atoms with Crippen LogP contribution in [0, 0.1) is 0 Å². The van der Waals surface area contributed by atoms with Crippen molar-refractivity contribution in [3.63, 3.8) is 0 Å². The summed E-state index contributed by atoms with van der Waals surface area (Å²) in [7, 11) is 0. The van der Waals surface area contributed by atoms with E-state index in [9.17, 15) is 0 Å². The first-order valence-electron chi connectivity index (χ1n) is 12.9. The number of benzene rings is 2. The van der Waals surface area contributed by atoms with Crippen LogP contribution in [-0.4, -0.2) is 16.6 Å². The summed E-state index contributed by atoms with van der Waals surface area (Å²) < 4.78 is 5.89. The molecule has 0 unspecified atom stereocenters. The van der Waals surface area contributed by atoms with Crippen LogP contribution < -0.4 is 4.74 Å². The molecule has 2 aromatic carbocycles. The molecular formula is C30H40N2O. The van der Waals surface area contributed by atoms with Crippen molar-refractivity contribution in [3.8, 4) is 28.3 Å². The van der Waals surface area contributed by atoms with Crippen molar-refractivity contribution in [2.75, 3.05) is 6.61 Å². The normalized spacial score (nSPS) is 11.0. The van der Waals surface area contributed by atoms with Gasteiger partial charge in [-0.2, -0.15) is 0 Å². The van der Waals surface area contributed by atoms with E-state index < -0.39 is 0 Å². The maximum atomic E-state index is 5.89. The number of aryl methyl sites for hydroxylation is 1. The Bertz CT molecular complexity index is 902. The van der Waals surface area contributed by atoms with Crippen molar-refractivity contribution >= 4 is 0 Å². The predicted molar refractivity (Wildman–Crippen MR) is 140 cm³/mol. The molecule has 0 radical (unpaired) electrons. The van der Waals surface area contributed by atoms with Gasteiger partial charge in [0.15, 0.2) is 5.82 Å². The highest BCUT2D eigenvalue weighted by molar-refractivity contribution is 5.64. The second-order valence-corrected chi connectivity index (χ2v) is 8.94. The lowest BCUT2D eigenvalue weighted by Crippen LogP contribution is -1.97. The van der Waals surface area contributed by atoms with Gasteiger partial charge in [-0.15, -0.1) is 0 Å². The monoisotopic (exact) mass is 444 g/mol. The number of hydrogen-bond donors (Lipinski definition) is 0. The lowest BCUT2D eigenvalue weighted by atomic mass is 10.0. The summed E-state index contributed by atoms with van der Waals surface area (Å²) in [6.45, 7) is 5.29. The summed E-state index contributed by atoms with van der Waals surface area (Å²) in [6, 6.07) is 17.0. The molecule has 1 heterocycles. The van der Waals surface area contributed by atoms with Crippen LogP contribution >= 0.6 is 0 Å². The topological polar surface area (TPSA) is 35.0 Å². The zero-order valence-corrected chi connectivity index (χ0v) is 20.6. The number of unbranched alkanes of at least 4 members (excludes halogenated alkanes) is 8. The number of rotatable bonds is 15. The Hall–Kier alpha value is -2.68. The number of hydrogen-bond acceptors (Lipinski definition) is 3. The van der Waals surface area contributed by atoms with Crippen molar-refractivity contribution in [3.05, 3.63) is 66.5 Å². The maximum Gasteiger partial charge on any atom is 0.159 e. The largest absolute Gasteiger partial charge is 0.494 e. The summed E-state index contributed by atoms with van der Waals surface area (Å²) in [6.07, 6.45) is 17.9. The van der Waals surface area contributed by atoms with E-state index in [0.717, 1.165) is 47.7 Å². The fourth-order valence-corrected chi connectivity index (χ4v) is 4.02. The maximum absolute atomic E-state index is 5.89. The van der Waals surface area contributed by atoms with Crippen LogP contribution in [0.2, 0.25) is 0 Å². The van der Waals surface area contributed by atoms with E-state index in [2.05, 4.69) is 48.1 Å². The van der Waals surface area contributed by atoms with E-state index in [4.69, 9.17) is 4.74 Å². The summed E-state index contributed by atoms with van der Waals surface area (Å²) in [4.78, 5) is 9.21. The molecule has 0 saturated heterocycles. The van der Waals surface area contributed by atoms with Crippen LogP contribution in [0.15, 0.2) is 60.9 Å². The molecule has 0 N–H and O–H groups in total. The Morgan fingerprint density at radius 1 is 0.576 bits per heavy atom. The molecule has 0 bridgehead atoms. The molecule has 3 aromatic rings. The van der Waals surface area contributed by atoms with Crippen LogP contribution in [0.1, 0.15) is 83.6 Å². The standard InChI is InChI=1S/C30H40N2O/c1-3-5-7-9-10-12-22-33-29-20-18-27(19-21-29)30-31-23-28(24-32-30)26-16-14-25(15-17-26)13-11-8-6-4-2/h14-21,23-24H,3-13,22H2,1-2H3. The Labute approximate surface area is 200 Å². The van der Waals surface area contributed by atoms with Gasteiger partial charge in [0, 0.05) is 23.5 Å². The minimum Gasteiger partial charge on any atom is -0.494 e. The predicted octanol–water partition coefficient (Wildman–Crippen LogP) is 8.67. The van der Waals surface area contributed by atoms with Gasteiger partial charge in [-0.3, -0.25) is 0 Å². The molecule has 3 nitrogen and oxygen atoms in total. The van der Waals surface area contributed by atoms with Gasteiger partial charge in [0.2, 0.25) is 0 Å². The number of ether oxygens (including phenoxy) is 1. The van der Waals surface area contributed by atoms with Gasteiger partial charge < -0.3 is 4.74 Å². The third-order valence-corrected chi connectivity index (χ3v) is 6.14. The molecule has 0 aliphatic carbocycles. The molecule has 176 valence electrons. The van der Waals surface area contributed by atoms with Crippen LogP contribution in [0.5, 0.6) is 5.75 Å². The Morgan fingerprint density at radius 3 is 1.82 bits per heavy atom. The molecule has 0 amide bonds. The second-order valence-electron chi connectivity index (χ2n) is 8.94. The van der Waals surface area contributed by atoms with Gasteiger partial charge in [-0.25, -0.2) is 9.97 Å². The van der Waals surface area contributed by atoms with Crippen LogP contribution in [0.4, 0.5) is 0 Å². The van der Waals surface area contributed by atoms with Gasteiger partial charge in [0.05, 0.1) is 6.61 Å². The first-order valence-corrected chi connectivity index (χ1v) is 12.9. The minimum atomic E-state index is 0.744. The summed E-state index contributed by atoms with van der Waals surface area (Å²) in [5.74, 6) is 1.66. The number of nitrogens with zero attached hydrogens (tertiary/aromatic N) is 2. The average molecular weight is 445 g/mol. The van der Waals surface area contributed by atoms with Gasteiger partial charge in [-0.05, 0) is 54.7 Å². The fourth-order valence-electron chi connectivity index (χ4n) is 4.02. The Balaban J connectivity index is 1.47. The molecule has 33 heavy (non-hydrogen) atoms. The second kappa shape index (κ2) is 14.5. The Kier molecular flexibility index (Phi) is 10.9. The smallest absolute Gasteiger partial charge is 0.159 e. The summed E-state index contributed by atoms with van der Waals surface area (Å²) in [5, 5.41) is 0. The first-order chi connectivity index (χ1) is 16.3. The van der Waals surface area contributed by atoms with Crippen LogP contribution in [0.25, 0.3) is 22.5 Å². The Morgan fingerprint density at radius 2 is 1.15 bits per heavy atom. The molecule has 0 aliphatic heterocycles. The molecular weight excluding hydrogens is 404 g/mol. The van der Waals surface area contributed by atoms with Gasteiger partial charge in [0.25, 0.3) is 0 Å². The molecule has 0 atom stereocenters. The molecule has 3 rings (SSSR count). The molecule has 0 fully saturated rings. The van der Waals surface area contributed by atoms with Crippen LogP contribution in [-0.2, 0) is 6.42 Å². The molecule has 0 aliphatic rings. The van der Waals surface area contributed by atoms with E-state index >= 15 is 0 Å². The highest BCUT2D eigenvalue weighted by Crippen LogP contribution is 2.23. The third kappa shape index (κ3) is 8.64. The van der Waals surface area contributed by atoms with E-state index in [0.29, 0.717) is 0 Å². The van der Waals surface area contributed by atoms with Gasteiger partial charge in [-0.1, -0.05) is 89.5 Å². The quantitative estimate of drug-likeness (QED) is 0.220. The van der Waals surface area contributed by atoms with Crippen LogP contribution in [0.3, 0.4) is 0 Å². The minimum absolute atomic E-state index is 0.744. The van der Waals surface area contributed by atoms with E-state index in [-0.39, 0.29) is 0 Å². The summed E-state index contributed by atoms with van der Waals surface area (Å²) in [5.41, 5.74) is 4.63. The van der Waals surface area contributed by atoms with Gasteiger partial charge >= 0.3 is 0 Å². The molecule has 0 saturated carbocycles. The van der Waals surface area contributed by atoms with Crippen molar-refractivity contribution in [1.82, 2.24) is 9.97 Å². The first kappa shape index (κ1) is 25.0. The van der Waals surface area contributed by atoms with Crippen molar-refractivity contribution in [1.29, 1.82) is 0 Å². The van der Waals surface area contributed by atoms with Crippen molar-refractivity contribution in [2.24, 2.45) is 0 Å². The highest BCUT2D eigenvalue weighted by atomic mass is 16.5. The molecule has 1 aromatic heterocycles. The van der Waals surface area contributed by atoms with E-state index in [1.165, 1.54) is 63.4 Å². The molecule has 0 spiro atoms. The highest BCUT2D eigenvalue weighted by Gasteiger charge is 2.05. The van der Waals surface area contributed by atoms with Crippen molar-refractivity contribution < 1.29 is 4.74 Å². The van der Waals surface area contributed by atoms with E-state index in [1.54, 1.807) is 0 Å². The fraction of sp³-hybridized carbons (Fsp3) is 0.467. The van der Waals surface area contributed by atoms with E-state index in [1.807, 2.05) is 36.7 Å². The lowest BCUT2D eigenvalue weighted by molar-refractivity contribution is 0.304. The third-order valence-electron chi connectivity index (χ3n) is 6.14. The zero-order chi connectivity index (χ0) is 23.1. The SMILES string of the molecule is CCCCCCCCOc1ccc(-c2ncc(-c3ccc(CCCCCC)cc3)cn2)cc1. The lowest BCUT2D eigenvalue weighted by Gasteiger charge is -2.08. The van der Waals surface area contributed by atoms with Crippen molar-refractivity contribution in [2.45, 2.75) is 84.5 Å². The summed E-state index contributed by atoms with van der Waals surface area (Å²) >= 11 is 0. The number of aromatic nitrogens is 2. The molecule has 3 heteroatoms. The van der Waals surface area contributed by atoms with Gasteiger partial charge in [0.1, 0.15) is 5.75 Å². The zero-order valence-electron chi connectivity index (χ0n) is 20.6. The average Bonchev–Trinajstić information content (AvgIpc) is 2.87.